The number of ether oxygens (including phenoxy) is 1. The van der Waals surface area contributed by atoms with Gasteiger partial charge in [-0.25, -0.2) is 4.98 Å². The van der Waals surface area contributed by atoms with Crippen molar-refractivity contribution in [2.45, 2.75) is 32.4 Å². The van der Waals surface area contributed by atoms with Crippen molar-refractivity contribution in [2.75, 3.05) is 32.8 Å². The number of rotatable bonds is 5. The van der Waals surface area contributed by atoms with Gasteiger partial charge in [0, 0.05) is 19.3 Å². The average molecular weight is 354 g/mol. The van der Waals surface area contributed by atoms with Crippen molar-refractivity contribution < 1.29 is 9.53 Å². The third-order valence-electron chi connectivity index (χ3n) is 5.39. The molecule has 1 aromatic carbocycles. The van der Waals surface area contributed by atoms with Gasteiger partial charge >= 0.3 is 0 Å². The number of carbonyl (C=O) groups is 1. The van der Waals surface area contributed by atoms with Crippen LogP contribution >= 0.6 is 0 Å². The summed E-state index contributed by atoms with van der Waals surface area (Å²) in [5.74, 6) is 0.809. The molecule has 26 heavy (non-hydrogen) atoms. The van der Waals surface area contributed by atoms with Crippen LogP contribution < -0.4 is 4.74 Å². The number of hydrogen-bond acceptors (Lipinski definition) is 4. The molecule has 3 heterocycles. The normalized spacial score (nSPS) is 20.2. The number of aryl methyl sites for hydroxylation is 1. The first-order chi connectivity index (χ1) is 12.7. The molecule has 1 atom stereocenters. The molecule has 1 saturated heterocycles. The molecule has 6 heteroatoms. The predicted molar refractivity (Wildman–Crippen MR) is 99.0 cm³/mol. The number of carbonyl (C=O) groups excluding carboxylic acids is 1. The third-order valence-corrected chi connectivity index (χ3v) is 5.39. The summed E-state index contributed by atoms with van der Waals surface area (Å²) in [6.07, 6.45) is 6.33. The number of fused-ring (bicyclic) bond motifs is 1. The third kappa shape index (κ3) is 3.60. The molecule has 2 aliphatic heterocycles. The van der Waals surface area contributed by atoms with Gasteiger partial charge in [-0.2, -0.15) is 0 Å². The average Bonchev–Trinajstić information content (AvgIpc) is 3.32. The quantitative estimate of drug-likeness (QED) is 0.826. The van der Waals surface area contributed by atoms with Crippen LogP contribution in [0, 0.1) is 6.92 Å². The molecule has 0 spiro atoms. The SMILES string of the molecule is Cc1ccccc1OCC(=O)N1Cc2cncn2C(CN2CCCC2)C1. The van der Waals surface area contributed by atoms with E-state index in [4.69, 9.17) is 4.74 Å². The Labute approximate surface area is 154 Å². The molecule has 2 aromatic rings. The van der Waals surface area contributed by atoms with E-state index in [0.29, 0.717) is 6.54 Å². The Kier molecular flexibility index (Phi) is 4.93. The zero-order chi connectivity index (χ0) is 17.9. The van der Waals surface area contributed by atoms with Crippen molar-refractivity contribution >= 4 is 5.91 Å². The lowest BCUT2D eigenvalue weighted by atomic mass is 10.1. The number of amides is 1. The highest BCUT2D eigenvalue weighted by Gasteiger charge is 2.30. The van der Waals surface area contributed by atoms with E-state index in [1.54, 1.807) is 0 Å². The van der Waals surface area contributed by atoms with Crippen LogP contribution in [-0.4, -0.2) is 58.0 Å². The monoisotopic (exact) mass is 354 g/mol. The standard InChI is InChI=1S/C20H26N4O2/c1-16-6-2-3-7-19(16)26-14-20(25)23-12-17-10-21-15-24(17)18(13-23)11-22-8-4-5-9-22/h2-3,6-7,10,15,18H,4-5,8-9,11-14H2,1H3. The summed E-state index contributed by atoms with van der Waals surface area (Å²) in [6.45, 7) is 6.69. The second kappa shape index (κ2) is 7.50. The molecule has 0 radical (unpaired) electrons. The van der Waals surface area contributed by atoms with Gasteiger partial charge in [-0.15, -0.1) is 0 Å². The van der Waals surface area contributed by atoms with Crippen LogP contribution in [-0.2, 0) is 11.3 Å². The molecule has 1 aromatic heterocycles. The number of likely N-dealkylation sites (tertiary alicyclic amines) is 1. The van der Waals surface area contributed by atoms with Crippen LogP contribution in [0.25, 0.3) is 0 Å². The van der Waals surface area contributed by atoms with Crippen molar-refractivity contribution in [1.29, 1.82) is 0 Å². The van der Waals surface area contributed by atoms with Crippen LogP contribution in [0.15, 0.2) is 36.8 Å². The molecule has 4 rings (SSSR count). The van der Waals surface area contributed by atoms with Crippen molar-refractivity contribution in [1.82, 2.24) is 19.4 Å². The largest absolute Gasteiger partial charge is 0.484 e. The molecule has 1 amide bonds. The fourth-order valence-corrected chi connectivity index (χ4v) is 3.93. The number of nitrogens with zero attached hydrogens (tertiary/aromatic N) is 4. The Morgan fingerprint density at radius 2 is 2.08 bits per heavy atom. The van der Waals surface area contributed by atoms with E-state index in [1.165, 1.54) is 12.8 Å². The fraction of sp³-hybridized carbons (Fsp3) is 0.500. The highest BCUT2D eigenvalue weighted by Crippen LogP contribution is 2.24. The van der Waals surface area contributed by atoms with Crippen molar-refractivity contribution in [3.63, 3.8) is 0 Å². The maximum atomic E-state index is 12.8. The molecule has 6 nitrogen and oxygen atoms in total. The maximum absolute atomic E-state index is 12.8. The smallest absolute Gasteiger partial charge is 0.260 e. The first kappa shape index (κ1) is 17.1. The van der Waals surface area contributed by atoms with Crippen molar-refractivity contribution in [3.8, 4) is 5.75 Å². The second-order valence-corrected chi connectivity index (χ2v) is 7.28. The lowest BCUT2D eigenvalue weighted by Gasteiger charge is -2.36. The Balaban J connectivity index is 1.41. The molecule has 138 valence electrons. The Hall–Kier alpha value is -2.34. The van der Waals surface area contributed by atoms with E-state index < -0.39 is 0 Å². The first-order valence-electron chi connectivity index (χ1n) is 9.40. The number of benzene rings is 1. The van der Waals surface area contributed by atoms with Gasteiger partial charge in [-0.3, -0.25) is 4.79 Å². The minimum Gasteiger partial charge on any atom is -0.484 e. The molecule has 0 aliphatic carbocycles. The van der Waals surface area contributed by atoms with E-state index in [9.17, 15) is 4.79 Å². The Bertz CT molecular complexity index is 767. The van der Waals surface area contributed by atoms with Gasteiger partial charge in [0.05, 0.1) is 24.6 Å². The van der Waals surface area contributed by atoms with Gasteiger partial charge in [0.15, 0.2) is 6.61 Å². The summed E-state index contributed by atoms with van der Waals surface area (Å²) in [4.78, 5) is 21.5. The molecule has 0 N–H and O–H groups in total. The zero-order valence-corrected chi connectivity index (χ0v) is 15.3. The number of hydrogen-bond donors (Lipinski definition) is 0. The van der Waals surface area contributed by atoms with Gasteiger partial charge in [0.25, 0.3) is 5.91 Å². The summed E-state index contributed by atoms with van der Waals surface area (Å²) in [7, 11) is 0. The lowest BCUT2D eigenvalue weighted by molar-refractivity contribution is -0.135. The summed E-state index contributed by atoms with van der Waals surface area (Å²) in [5.41, 5.74) is 2.15. The Morgan fingerprint density at radius 3 is 2.88 bits per heavy atom. The molecular weight excluding hydrogens is 328 g/mol. The summed E-state index contributed by atoms with van der Waals surface area (Å²) < 4.78 is 8.01. The summed E-state index contributed by atoms with van der Waals surface area (Å²) in [6, 6.07) is 8.06. The van der Waals surface area contributed by atoms with E-state index in [-0.39, 0.29) is 18.6 Å². The van der Waals surface area contributed by atoms with Crippen molar-refractivity contribution in [3.05, 3.63) is 48.0 Å². The van der Waals surface area contributed by atoms with Crippen molar-refractivity contribution in [2.24, 2.45) is 0 Å². The minimum atomic E-state index is 0.0344. The highest BCUT2D eigenvalue weighted by molar-refractivity contribution is 5.78. The summed E-state index contributed by atoms with van der Waals surface area (Å²) >= 11 is 0. The van der Waals surface area contributed by atoms with Gasteiger partial charge in [-0.1, -0.05) is 18.2 Å². The van der Waals surface area contributed by atoms with Gasteiger partial charge in [-0.05, 0) is 44.5 Å². The molecule has 1 fully saturated rings. The van der Waals surface area contributed by atoms with Gasteiger partial charge in [0.1, 0.15) is 5.75 Å². The van der Waals surface area contributed by atoms with E-state index in [0.717, 1.165) is 43.2 Å². The van der Waals surface area contributed by atoms with Crippen LogP contribution in [0.4, 0.5) is 0 Å². The number of para-hydroxylation sites is 1. The van der Waals surface area contributed by atoms with Crippen LogP contribution in [0.2, 0.25) is 0 Å². The van der Waals surface area contributed by atoms with Crippen LogP contribution in [0.1, 0.15) is 30.1 Å². The molecular formula is C20H26N4O2. The lowest BCUT2D eigenvalue weighted by Crippen LogP contribution is -2.45. The minimum absolute atomic E-state index is 0.0344. The van der Waals surface area contributed by atoms with E-state index in [2.05, 4.69) is 14.5 Å². The highest BCUT2D eigenvalue weighted by atomic mass is 16.5. The predicted octanol–water partition coefficient (Wildman–Crippen LogP) is 2.25. The molecule has 0 saturated carbocycles. The maximum Gasteiger partial charge on any atom is 0.260 e. The summed E-state index contributed by atoms with van der Waals surface area (Å²) in [5, 5.41) is 0. The molecule has 0 bridgehead atoms. The first-order valence-corrected chi connectivity index (χ1v) is 9.40. The van der Waals surface area contributed by atoms with Gasteiger partial charge in [0.2, 0.25) is 0 Å². The van der Waals surface area contributed by atoms with Crippen LogP contribution in [0.3, 0.4) is 0 Å². The molecule has 2 aliphatic rings. The fourth-order valence-electron chi connectivity index (χ4n) is 3.93. The second-order valence-electron chi connectivity index (χ2n) is 7.28. The number of imidazole rings is 1. The zero-order valence-electron chi connectivity index (χ0n) is 15.3. The van der Waals surface area contributed by atoms with Crippen LogP contribution in [0.5, 0.6) is 5.75 Å². The Morgan fingerprint density at radius 1 is 1.27 bits per heavy atom. The number of aromatic nitrogens is 2. The van der Waals surface area contributed by atoms with E-state index in [1.807, 2.05) is 48.6 Å². The van der Waals surface area contributed by atoms with Gasteiger partial charge < -0.3 is 19.1 Å². The van der Waals surface area contributed by atoms with E-state index >= 15 is 0 Å². The molecule has 1 unspecified atom stereocenters. The topological polar surface area (TPSA) is 50.6 Å².